The molecule has 0 saturated carbocycles. The van der Waals surface area contributed by atoms with Crippen LogP contribution < -0.4 is 20.3 Å². The number of carbonyl (C=O) groups excluding carboxylic acids is 1. The van der Waals surface area contributed by atoms with Crippen LogP contribution in [0.15, 0.2) is 54.9 Å². The van der Waals surface area contributed by atoms with Crippen molar-refractivity contribution in [3.8, 4) is 17.4 Å². The fraction of sp³-hybridized carbons (Fsp3) is 0.105. The molecule has 0 spiro atoms. The number of aromatic nitrogens is 2. The summed E-state index contributed by atoms with van der Waals surface area (Å²) in [6, 6.07) is 13.5. The highest BCUT2D eigenvalue weighted by Gasteiger charge is 2.26. The van der Waals surface area contributed by atoms with Crippen LogP contribution in [0.5, 0.6) is 17.4 Å². The monoisotopic (exact) mass is 395 g/mol. The van der Waals surface area contributed by atoms with Gasteiger partial charge in [-0.05, 0) is 31.2 Å². The van der Waals surface area contributed by atoms with E-state index in [1.807, 2.05) is 6.92 Å². The Morgan fingerprint density at radius 3 is 2.41 bits per heavy atom. The molecule has 2 aromatic carbocycles. The lowest BCUT2D eigenvalue weighted by atomic mass is 10.1. The van der Waals surface area contributed by atoms with E-state index in [0.717, 1.165) is 11.9 Å². The van der Waals surface area contributed by atoms with Crippen LogP contribution in [-0.2, 0) is 0 Å². The molecule has 10 nitrogen and oxygen atoms in total. The number of rotatable bonds is 7. The van der Waals surface area contributed by atoms with Gasteiger partial charge < -0.3 is 9.47 Å². The quantitative estimate of drug-likeness (QED) is 0.461. The summed E-state index contributed by atoms with van der Waals surface area (Å²) in [6.45, 7) is 1.90. The Kier molecular flexibility index (Phi) is 5.83. The third-order valence-corrected chi connectivity index (χ3v) is 3.86. The van der Waals surface area contributed by atoms with E-state index < -0.39 is 16.5 Å². The molecule has 0 bridgehead atoms. The zero-order valence-electron chi connectivity index (χ0n) is 15.6. The Labute approximate surface area is 165 Å². The minimum Gasteiger partial charge on any atom is -0.493 e. The SMILES string of the molecule is COc1ccccc1Oc1ncnc(NNC(=O)c2ccc(C)cc2)c1[N+](=O)[O-]. The molecule has 0 unspecified atom stereocenters. The van der Waals surface area contributed by atoms with Crippen LogP contribution in [-0.4, -0.2) is 27.9 Å². The van der Waals surface area contributed by atoms with Gasteiger partial charge in [-0.25, -0.2) is 4.98 Å². The number of hydrazine groups is 1. The van der Waals surface area contributed by atoms with Gasteiger partial charge in [0, 0.05) is 5.56 Å². The number of aryl methyl sites for hydroxylation is 1. The molecule has 29 heavy (non-hydrogen) atoms. The second kappa shape index (κ2) is 8.65. The van der Waals surface area contributed by atoms with E-state index in [0.29, 0.717) is 11.3 Å². The molecule has 3 rings (SSSR count). The highest BCUT2D eigenvalue weighted by molar-refractivity contribution is 5.95. The maximum atomic E-state index is 12.2. The van der Waals surface area contributed by atoms with Crippen LogP contribution >= 0.6 is 0 Å². The van der Waals surface area contributed by atoms with Gasteiger partial charge in [0.2, 0.25) is 5.82 Å². The van der Waals surface area contributed by atoms with E-state index in [9.17, 15) is 14.9 Å². The van der Waals surface area contributed by atoms with Crippen LogP contribution in [0.4, 0.5) is 11.5 Å². The van der Waals surface area contributed by atoms with Crippen molar-refractivity contribution in [2.75, 3.05) is 12.5 Å². The van der Waals surface area contributed by atoms with Crippen molar-refractivity contribution in [1.82, 2.24) is 15.4 Å². The average Bonchev–Trinajstić information content (AvgIpc) is 2.72. The predicted molar refractivity (Wildman–Crippen MR) is 104 cm³/mol. The van der Waals surface area contributed by atoms with Gasteiger partial charge in [0.1, 0.15) is 6.33 Å². The fourth-order valence-electron chi connectivity index (χ4n) is 2.39. The summed E-state index contributed by atoms with van der Waals surface area (Å²) in [4.78, 5) is 30.8. The Bertz CT molecular complexity index is 1040. The number of nitro groups is 1. The summed E-state index contributed by atoms with van der Waals surface area (Å²) in [5.41, 5.74) is 5.68. The van der Waals surface area contributed by atoms with Gasteiger partial charge in [0.15, 0.2) is 11.5 Å². The maximum Gasteiger partial charge on any atom is 0.374 e. The zero-order chi connectivity index (χ0) is 20.8. The van der Waals surface area contributed by atoms with Crippen molar-refractivity contribution in [2.24, 2.45) is 0 Å². The first-order chi connectivity index (χ1) is 14.0. The van der Waals surface area contributed by atoms with Crippen LogP contribution in [0.3, 0.4) is 0 Å². The van der Waals surface area contributed by atoms with Gasteiger partial charge >= 0.3 is 11.6 Å². The molecule has 1 aromatic heterocycles. The number of anilines is 1. The normalized spacial score (nSPS) is 10.1. The molecule has 0 saturated heterocycles. The number of hydrogen-bond donors (Lipinski definition) is 2. The lowest BCUT2D eigenvalue weighted by molar-refractivity contribution is -0.385. The summed E-state index contributed by atoms with van der Waals surface area (Å²) in [6.07, 6.45) is 1.08. The molecule has 0 radical (unpaired) electrons. The Morgan fingerprint density at radius 1 is 1.07 bits per heavy atom. The van der Waals surface area contributed by atoms with E-state index in [4.69, 9.17) is 9.47 Å². The molecule has 0 aliphatic rings. The van der Waals surface area contributed by atoms with Gasteiger partial charge in [0.25, 0.3) is 5.91 Å². The second-order valence-electron chi connectivity index (χ2n) is 5.83. The number of benzene rings is 2. The first-order valence-corrected chi connectivity index (χ1v) is 8.43. The summed E-state index contributed by atoms with van der Waals surface area (Å²) in [5.74, 6) is -0.393. The predicted octanol–water partition coefficient (Wildman–Crippen LogP) is 3.25. The highest BCUT2D eigenvalue weighted by atomic mass is 16.6. The van der Waals surface area contributed by atoms with E-state index in [-0.39, 0.29) is 17.4 Å². The zero-order valence-corrected chi connectivity index (χ0v) is 15.6. The lowest BCUT2D eigenvalue weighted by Gasteiger charge is -2.12. The first kappa shape index (κ1) is 19.5. The summed E-state index contributed by atoms with van der Waals surface area (Å²) < 4.78 is 10.7. The largest absolute Gasteiger partial charge is 0.493 e. The van der Waals surface area contributed by atoms with Crippen molar-refractivity contribution >= 4 is 17.4 Å². The number of nitrogens with one attached hydrogen (secondary N) is 2. The number of hydrogen-bond acceptors (Lipinski definition) is 8. The third kappa shape index (κ3) is 4.56. The van der Waals surface area contributed by atoms with Crippen molar-refractivity contribution in [3.63, 3.8) is 0 Å². The molecular formula is C19H17N5O5. The molecule has 0 aliphatic heterocycles. The first-order valence-electron chi connectivity index (χ1n) is 8.43. The molecule has 1 heterocycles. The van der Waals surface area contributed by atoms with Crippen molar-refractivity contribution in [3.05, 3.63) is 76.1 Å². The van der Waals surface area contributed by atoms with Gasteiger partial charge in [-0.2, -0.15) is 4.98 Å². The van der Waals surface area contributed by atoms with Gasteiger partial charge in [0.05, 0.1) is 12.0 Å². The van der Waals surface area contributed by atoms with Crippen molar-refractivity contribution < 1.29 is 19.2 Å². The van der Waals surface area contributed by atoms with E-state index >= 15 is 0 Å². The van der Waals surface area contributed by atoms with Gasteiger partial charge in [-0.1, -0.05) is 29.8 Å². The third-order valence-electron chi connectivity index (χ3n) is 3.86. The molecule has 0 fully saturated rings. The van der Waals surface area contributed by atoms with Crippen molar-refractivity contribution in [2.45, 2.75) is 6.92 Å². The molecule has 10 heteroatoms. The minimum atomic E-state index is -0.703. The van der Waals surface area contributed by atoms with Gasteiger partial charge in [-0.3, -0.25) is 25.8 Å². The molecule has 0 aliphatic carbocycles. The summed E-state index contributed by atoms with van der Waals surface area (Å²) in [7, 11) is 1.45. The van der Waals surface area contributed by atoms with E-state index in [1.165, 1.54) is 7.11 Å². The number of amides is 1. The lowest BCUT2D eigenvalue weighted by Crippen LogP contribution is -2.30. The second-order valence-corrected chi connectivity index (χ2v) is 5.83. The maximum absolute atomic E-state index is 12.2. The van der Waals surface area contributed by atoms with Crippen LogP contribution in [0.1, 0.15) is 15.9 Å². The molecule has 2 N–H and O–H groups in total. The standard InChI is InChI=1S/C19H17N5O5/c1-12-7-9-13(10-8-12)18(25)23-22-17-16(24(26)27)19(21-11-20-17)29-15-6-4-3-5-14(15)28-2/h3-11H,1-2H3,(H,23,25)(H,20,21,22). The highest BCUT2D eigenvalue weighted by Crippen LogP contribution is 2.37. The molecule has 148 valence electrons. The summed E-state index contributed by atoms with van der Waals surface area (Å²) in [5, 5.41) is 11.6. The van der Waals surface area contributed by atoms with Crippen LogP contribution in [0.25, 0.3) is 0 Å². The van der Waals surface area contributed by atoms with Crippen molar-refractivity contribution in [1.29, 1.82) is 0 Å². The average molecular weight is 395 g/mol. The number of para-hydroxylation sites is 2. The van der Waals surface area contributed by atoms with Crippen LogP contribution in [0.2, 0.25) is 0 Å². The number of ether oxygens (including phenoxy) is 2. The molecular weight excluding hydrogens is 378 g/mol. The number of nitrogens with zero attached hydrogens (tertiary/aromatic N) is 3. The Balaban J connectivity index is 1.84. The summed E-state index contributed by atoms with van der Waals surface area (Å²) >= 11 is 0. The number of carbonyl (C=O) groups is 1. The minimum absolute atomic E-state index is 0.227. The molecule has 1 amide bonds. The molecule has 3 aromatic rings. The Hall–Kier alpha value is -4.21. The van der Waals surface area contributed by atoms with Crippen LogP contribution in [0, 0.1) is 17.0 Å². The molecule has 0 atom stereocenters. The van der Waals surface area contributed by atoms with E-state index in [1.54, 1.807) is 48.5 Å². The van der Waals surface area contributed by atoms with Gasteiger partial charge in [-0.15, -0.1) is 0 Å². The topological polar surface area (TPSA) is 129 Å². The fourth-order valence-corrected chi connectivity index (χ4v) is 2.39. The number of methoxy groups -OCH3 is 1. The van der Waals surface area contributed by atoms with E-state index in [2.05, 4.69) is 20.8 Å². The smallest absolute Gasteiger partial charge is 0.374 e. The Morgan fingerprint density at radius 2 is 1.76 bits per heavy atom.